The van der Waals surface area contributed by atoms with E-state index >= 15 is 0 Å². The van der Waals surface area contributed by atoms with Gasteiger partial charge in [-0.3, -0.25) is 0 Å². The second-order valence-electron chi connectivity index (χ2n) is 5.70. The molecule has 0 radical (unpaired) electrons. The second-order valence-corrected chi connectivity index (χ2v) is 5.70. The van der Waals surface area contributed by atoms with E-state index in [9.17, 15) is 13.2 Å². The van der Waals surface area contributed by atoms with Crippen LogP contribution in [0.4, 0.5) is 13.2 Å². The lowest BCUT2D eigenvalue weighted by Gasteiger charge is -2.10. The summed E-state index contributed by atoms with van der Waals surface area (Å²) in [5.41, 5.74) is 0.369. The highest BCUT2D eigenvalue weighted by Gasteiger charge is 2.08. The standard InChI is InChI=1S/C21H17F3O2/c1-2-3-8-25-18-7-5-15(19(22)12-18)13-26-17-6-4-14-10-20(23)21(24)11-16(14)9-17/h2-7,9-12H,8,13H2,1H3. The SMILES string of the molecule is CC=CCOc1ccc(COc2ccc3cc(F)c(F)cc3c2)c(F)c1. The average molecular weight is 358 g/mol. The quantitative estimate of drug-likeness (QED) is 0.519. The van der Waals surface area contributed by atoms with Gasteiger partial charge < -0.3 is 9.47 Å². The van der Waals surface area contributed by atoms with Crippen molar-refractivity contribution in [3.63, 3.8) is 0 Å². The van der Waals surface area contributed by atoms with Crippen LogP contribution in [0.25, 0.3) is 10.8 Å². The molecule has 3 aromatic rings. The van der Waals surface area contributed by atoms with E-state index in [4.69, 9.17) is 9.47 Å². The topological polar surface area (TPSA) is 18.5 Å². The molecule has 0 saturated heterocycles. The molecule has 0 aromatic heterocycles. The van der Waals surface area contributed by atoms with Crippen LogP contribution in [0.1, 0.15) is 12.5 Å². The normalized spacial score (nSPS) is 11.2. The van der Waals surface area contributed by atoms with E-state index in [1.165, 1.54) is 6.07 Å². The second kappa shape index (κ2) is 7.95. The largest absolute Gasteiger partial charge is 0.489 e. The molecule has 0 fully saturated rings. The predicted molar refractivity (Wildman–Crippen MR) is 94.9 cm³/mol. The monoisotopic (exact) mass is 358 g/mol. The Hall–Kier alpha value is -2.95. The molecule has 0 unspecified atom stereocenters. The third kappa shape index (κ3) is 4.17. The van der Waals surface area contributed by atoms with Crippen molar-refractivity contribution < 1.29 is 22.6 Å². The van der Waals surface area contributed by atoms with Crippen molar-refractivity contribution >= 4 is 10.8 Å². The van der Waals surface area contributed by atoms with E-state index in [0.29, 0.717) is 34.4 Å². The van der Waals surface area contributed by atoms with E-state index in [2.05, 4.69) is 0 Å². The van der Waals surface area contributed by atoms with Crippen molar-refractivity contribution in [2.24, 2.45) is 0 Å². The van der Waals surface area contributed by atoms with Gasteiger partial charge in [-0.2, -0.15) is 0 Å². The highest BCUT2D eigenvalue weighted by Crippen LogP contribution is 2.25. The predicted octanol–water partition coefficient (Wildman–Crippen LogP) is 5.79. The minimum Gasteiger partial charge on any atom is -0.489 e. The van der Waals surface area contributed by atoms with Gasteiger partial charge in [0.1, 0.15) is 30.5 Å². The molecule has 0 atom stereocenters. The number of ether oxygens (including phenoxy) is 2. The van der Waals surface area contributed by atoms with Crippen LogP contribution in [0.5, 0.6) is 11.5 Å². The lowest BCUT2D eigenvalue weighted by Crippen LogP contribution is -2.00. The van der Waals surface area contributed by atoms with Crippen molar-refractivity contribution in [1.82, 2.24) is 0 Å². The Labute approximate surface area is 149 Å². The molecule has 3 aromatic carbocycles. The van der Waals surface area contributed by atoms with Crippen LogP contribution in [0.15, 0.2) is 60.7 Å². The molecule has 0 spiro atoms. The lowest BCUT2D eigenvalue weighted by atomic mass is 10.1. The first-order chi connectivity index (χ1) is 12.6. The van der Waals surface area contributed by atoms with Gasteiger partial charge in [0.25, 0.3) is 0 Å². The number of hydrogen-bond acceptors (Lipinski definition) is 2. The zero-order valence-corrected chi connectivity index (χ0v) is 14.1. The molecule has 0 saturated carbocycles. The molecule has 3 rings (SSSR count). The maximum absolute atomic E-state index is 14.1. The number of fused-ring (bicyclic) bond motifs is 1. The summed E-state index contributed by atoms with van der Waals surface area (Å²) in [6.07, 6.45) is 3.67. The maximum Gasteiger partial charge on any atom is 0.159 e. The molecule has 26 heavy (non-hydrogen) atoms. The Morgan fingerprint density at radius 2 is 1.46 bits per heavy atom. The number of rotatable bonds is 6. The Bertz CT molecular complexity index is 951. The summed E-state index contributed by atoms with van der Waals surface area (Å²) in [4.78, 5) is 0. The minimum atomic E-state index is -0.922. The summed E-state index contributed by atoms with van der Waals surface area (Å²) in [7, 11) is 0. The maximum atomic E-state index is 14.1. The van der Waals surface area contributed by atoms with Crippen LogP contribution in [0.2, 0.25) is 0 Å². The van der Waals surface area contributed by atoms with E-state index in [1.807, 2.05) is 19.1 Å². The number of hydrogen-bond donors (Lipinski definition) is 0. The molecule has 0 N–H and O–H groups in total. The van der Waals surface area contributed by atoms with Gasteiger partial charge in [0, 0.05) is 11.6 Å². The van der Waals surface area contributed by atoms with Crippen LogP contribution in [-0.4, -0.2) is 6.61 Å². The molecule has 0 amide bonds. The fraction of sp³-hybridized carbons (Fsp3) is 0.143. The fourth-order valence-electron chi connectivity index (χ4n) is 2.45. The fourth-order valence-corrected chi connectivity index (χ4v) is 2.45. The first-order valence-corrected chi connectivity index (χ1v) is 8.11. The molecule has 5 heteroatoms. The minimum absolute atomic E-state index is 0.0101. The van der Waals surface area contributed by atoms with Gasteiger partial charge in [-0.1, -0.05) is 18.2 Å². The summed E-state index contributed by atoms with van der Waals surface area (Å²) in [5.74, 6) is -1.38. The average Bonchev–Trinajstić information content (AvgIpc) is 2.62. The summed E-state index contributed by atoms with van der Waals surface area (Å²) >= 11 is 0. The van der Waals surface area contributed by atoms with Gasteiger partial charge >= 0.3 is 0 Å². The van der Waals surface area contributed by atoms with E-state index in [-0.39, 0.29) is 6.61 Å². The van der Waals surface area contributed by atoms with E-state index in [0.717, 1.165) is 12.1 Å². The molecular formula is C21H17F3O2. The highest BCUT2D eigenvalue weighted by molar-refractivity contribution is 5.84. The summed E-state index contributed by atoms with van der Waals surface area (Å²) in [6, 6.07) is 11.6. The van der Waals surface area contributed by atoms with Crippen molar-refractivity contribution in [3.05, 3.63) is 83.7 Å². The van der Waals surface area contributed by atoms with E-state index < -0.39 is 17.5 Å². The van der Waals surface area contributed by atoms with Crippen LogP contribution >= 0.6 is 0 Å². The summed E-state index contributed by atoms with van der Waals surface area (Å²) in [6.45, 7) is 2.26. The molecule has 0 aliphatic carbocycles. The summed E-state index contributed by atoms with van der Waals surface area (Å²) < 4.78 is 51.7. The molecule has 134 valence electrons. The van der Waals surface area contributed by atoms with Gasteiger partial charge in [0.15, 0.2) is 11.6 Å². The summed E-state index contributed by atoms with van der Waals surface area (Å²) in [5, 5.41) is 1.07. The molecule has 0 bridgehead atoms. The van der Waals surface area contributed by atoms with Gasteiger partial charge in [-0.25, -0.2) is 13.2 Å². The van der Waals surface area contributed by atoms with Crippen LogP contribution in [-0.2, 0) is 6.61 Å². The van der Waals surface area contributed by atoms with Crippen LogP contribution in [0, 0.1) is 17.5 Å². The van der Waals surface area contributed by atoms with Gasteiger partial charge in [-0.15, -0.1) is 0 Å². The van der Waals surface area contributed by atoms with Crippen molar-refractivity contribution in [2.45, 2.75) is 13.5 Å². The number of allylic oxidation sites excluding steroid dienone is 1. The van der Waals surface area contributed by atoms with Crippen molar-refractivity contribution in [1.29, 1.82) is 0 Å². The molecule has 0 aliphatic rings. The van der Waals surface area contributed by atoms with Crippen molar-refractivity contribution in [3.8, 4) is 11.5 Å². The third-order valence-electron chi connectivity index (χ3n) is 3.85. The zero-order chi connectivity index (χ0) is 18.5. The Kier molecular flexibility index (Phi) is 5.46. The number of benzene rings is 3. The number of halogens is 3. The molecule has 0 heterocycles. The molecule has 2 nitrogen and oxygen atoms in total. The Balaban J connectivity index is 1.70. The first-order valence-electron chi connectivity index (χ1n) is 8.11. The molecule has 0 aliphatic heterocycles. The van der Waals surface area contributed by atoms with Crippen LogP contribution < -0.4 is 9.47 Å². The first kappa shape index (κ1) is 17.9. The lowest BCUT2D eigenvalue weighted by molar-refractivity contribution is 0.299. The third-order valence-corrected chi connectivity index (χ3v) is 3.85. The van der Waals surface area contributed by atoms with Gasteiger partial charge in [-0.05, 0) is 54.1 Å². The van der Waals surface area contributed by atoms with Gasteiger partial charge in [0.05, 0.1) is 0 Å². The Morgan fingerprint density at radius 3 is 2.19 bits per heavy atom. The highest BCUT2D eigenvalue weighted by atomic mass is 19.2. The van der Waals surface area contributed by atoms with E-state index in [1.54, 1.807) is 30.3 Å². The molecular weight excluding hydrogens is 341 g/mol. The Morgan fingerprint density at radius 1 is 0.769 bits per heavy atom. The van der Waals surface area contributed by atoms with Crippen LogP contribution in [0.3, 0.4) is 0 Å². The zero-order valence-electron chi connectivity index (χ0n) is 14.1. The smallest absolute Gasteiger partial charge is 0.159 e. The van der Waals surface area contributed by atoms with Crippen molar-refractivity contribution in [2.75, 3.05) is 6.61 Å². The van der Waals surface area contributed by atoms with Gasteiger partial charge in [0.2, 0.25) is 0 Å².